The van der Waals surface area contributed by atoms with E-state index in [1.54, 1.807) is 11.3 Å². The zero-order valence-electron chi connectivity index (χ0n) is 3.68. The van der Waals surface area contributed by atoms with Crippen LogP contribution in [0.5, 0.6) is 0 Å². The van der Waals surface area contributed by atoms with Crippen LogP contribution in [0.15, 0.2) is 0 Å². The summed E-state index contributed by atoms with van der Waals surface area (Å²) in [6.07, 6.45) is 0. The Bertz CT molecular complexity index is 148. The van der Waals surface area contributed by atoms with Crippen LogP contribution in [0.25, 0.3) is 0 Å². The highest BCUT2D eigenvalue weighted by Gasteiger charge is 1.90. The van der Waals surface area contributed by atoms with Gasteiger partial charge in [0.1, 0.15) is 0 Å². The van der Waals surface area contributed by atoms with E-state index in [9.17, 15) is 0 Å². The van der Waals surface area contributed by atoms with Gasteiger partial charge >= 0.3 is 0 Å². The smallest absolute Gasteiger partial charge is 0.154 e. The average Bonchev–Trinajstić information content (AvgIpc) is 1.87. The van der Waals surface area contributed by atoms with E-state index in [-0.39, 0.29) is 0 Å². The quantitative estimate of drug-likeness (QED) is 0.434. The third-order valence-electron chi connectivity index (χ3n) is 0.501. The Balaban J connectivity index is 3.04. The van der Waals surface area contributed by atoms with E-state index in [4.69, 9.17) is 0 Å². The highest BCUT2D eigenvalue weighted by atomic mass is 127. The highest BCUT2D eigenvalue weighted by molar-refractivity contribution is 14.1. The van der Waals surface area contributed by atoms with E-state index in [1.807, 2.05) is 7.85 Å². The molecule has 36 valence electrons. The number of aromatic nitrogens is 2. The van der Waals surface area contributed by atoms with Gasteiger partial charge in [-0.1, -0.05) is 0 Å². The Hall–Kier alpha value is 0.355. The molecule has 0 aliphatic carbocycles. The van der Waals surface area contributed by atoms with Crippen molar-refractivity contribution in [2.24, 2.45) is 0 Å². The molecule has 1 aromatic heterocycles. The van der Waals surface area contributed by atoms with Crippen LogP contribution in [0.4, 0.5) is 0 Å². The summed E-state index contributed by atoms with van der Waals surface area (Å²) in [6.45, 7) is 0. The Morgan fingerprint density at radius 3 is 2.43 bits per heavy atom. The molecule has 0 saturated carbocycles. The number of halogens is 1. The van der Waals surface area contributed by atoms with Crippen molar-refractivity contribution in [3.63, 3.8) is 0 Å². The minimum absolute atomic E-state index is 1.01. The molecule has 0 spiro atoms. The second-order valence-electron chi connectivity index (χ2n) is 1.07. The van der Waals surface area contributed by atoms with Crippen molar-refractivity contribution in [1.29, 1.82) is 0 Å². The van der Waals surface area contributed by atoms with Crippen LogP contribution >= 0.6 is 33.9 Å². The molecule has 0 N–H and O–H groups in total. The molecule has 0 radical (unpaired) electrons. The van der Waals surface area contributed by atoms with E-state index in [0.717, 1.165) is 7.92 Å². The van der Waals surface area contributed by atoms with E-state index in [1.165, 1.54) is 0 Å². The van der Waals surface area contributed by atoms with Crippen LogP contribution in [0, 0.1) is 3.01 Å². The van der Waals surface area contributed by atoms with Gasteiger partial charge in [-0.15, -0.1) is 16.4 Å². The first-order chi connectivity index (χ1) is 3.29. The van der Waals surface area contributed by atoms with Gasteiger partial charge in [0.25, 0.3) is 0 Å². The first-order valence-corrected chi connectivity index (χ1v) is 3.64. The summed E-state index contributed by atoms with van der Waals surface area (Å²) in [4.78, 5) is 1.03. The maximum absolute atomic E-state index is 3.78. The second-order valence-corrected chi connectivity index (χ2v) is 4.01. The molecule has 0 aromatic carbocycles. The summed E-state index contributed by atoms with van der Waals surface area (Å²) in [5, 5.41) is 7.55. The number of nitrogens with zero attached hydrogens (tertiary/aromatic N) is 2. The van der Waals surface area contributed by atoms with Gasteiger partial charge in [-0.3, -0.25) is 0 Å². The normalized spacial score (nSPS) is 9.29. The van der Waals surface area contributed by atoms with E-state index < -0.39 is 0 Å². The summed E-state index contributed by atoms with van der Waals surface area (Å²) in [6, 6.07) is 0. The van der Waals surface area contributed by atoms with Crippen LogP contribution < -0.4 is 4.91 Å². The van der Waals surface area contributed by atoms with Crippen LogP contribution in [-0.2, 0) is 0 Å². The first-order valence-electron chi connectivity index (χ1n) is 1.74. The predicted octanol–water partition coefficient (Wildman–Crippen LogP) is -0.599. The fraction of sp³-hybridized carbons (Fsp3) is 0. The summed E-state index contributed by atoms with van der Waals surface area (Å²) in [5.74, 6) is 0. The Morgan fingerprint density at radius 1 is 1.57 bits per heavy atom. The van der Waals surface area contributed by atoms with Gasteiger partial charge in [0.2, 0.25) is 0 Å². The molecule has 5 heteroatoms. The molecule has 0 aliphatic heterocycles. The van der Waals surface area contributed by atoms with Crippen molar-refractivity contribution < 1.29 is 0 Å². The van der Waals surface area contributed by atoms with Gasteiger partial charge in [-0.05, 0) is 22.6 Å². The minimum atomic E-state index is 1.01. The molecule has 2 nitrogen and oxygen atoms in total. The van der Waals surface area contributed by atoms with Crippen LogP contribution in [0.2, 0.25) is 0 Å². The lowest BCUT2D eigenvalue weighted by molar-refractivity contribution is 1.09. The van der Waals surface area contributed by atoms with E-state index >= 15 is 0 Å². The molecule has 0 saturated heterocycles. The highest BCUT2D eigenvalue weighted by Crippen LogP contribution is 2.00. The molecule has 0 aliphatic rings. The molecular formula is C2H2BIN2S. The maximum Gasteiger partial charge on any atom is 0.180 e. The lowest BCUT2D eigenvalue weighted by Gasteiger charge is -1.63. The summed E-state index contributed by atoms with van der Waals surface area (Å²) >= 11 is 3.75. The van der Waals surface area contributed by atoms with Crippen molar-refractivity contribution in [1.82, 2.24) is 10.2 Å². The number of rotatable bonds is 0. The zero-order valence-corrected chi connectivity index (χ0v) is 6.65. The molecule has 0 bridgehead atoms. The van der Waals surface area contributed by atoms with Gasteiger partial charge in [0.15, 0.2) is 10.9 Å². The van der Waals surface area contributed by atoms with Crippen LogP contribution in [0.1, 0.15) is 0 Å². The molecule has 1 aromatic rings. The van der Waals surface area contributed by atoms with Crippen molar-refractivity contribution in [3.05, 3.63) is 3.01 Å². The lowest BCUT2D eigenvalue weighted by Crippen LogP contribution is -1.97. The van der Waals surface area contributed by atoms with Gasteiger partial charge < -0.3 is 0 Å². The molecule has 1 rings (SSSR count). The largest absolute Gasteiger partial charge is 0.180 e. The molecule has 0 amide bonds. The second kappa shape index (κ2) is 2.08. The van der Waals surface area contributed by atoms with Gasteiger partial charge in [-0.2, -0.15) is 5.10 Å². The molecule has 7 heavy (non-hydrogen) atoms. The molecule has 0 unspecified atom stereocenters. The Kier molecular flexibility index (Phi) is 1.63. The third kappa shape index (κ3) is 1.38. The fourth-order valence-electron chi connectivity index (χ4n) is 0.272. The van der Waals surface area contributed by atoms with Gasteiger partial charge in [-0.25, -0.2) is 0 Å². The monoisotopic (exact) mass is 224 g/mol. The SMILES string of the molecule is Bc1nnc(I)s1. The lowest BCUT2D eigenvalue weighted by atomic mass is 10.2. The Morgan fingerprint density at radius 2 is 2.29 bits per heavy atom. The summed E-state index contributed by atoms with van der Waals surface area (Å²) in [5.41, 5.74) is 0. The number of hydrogen-bond donors (Lipinski definition) is 0. The molecule has 0 atom stereocenters. The van der Waals surface area contributed by atoms with Crippen molar-refractivity contribution in [2.75, 3.05) is 0 Å². The third-order valence-corrected chi connectivity index (χ3v) is 2.00. The zero-order chi connectivity index (χ0) is 5.28. The van der Waals surface area contributed by atoms with E-state index in [2.05, 4.69) is 32.8 Å². The number of hydrogen-bond acceptors (Lipinski definition) is 3. The van der Waals surface area contributed by atoms with Crippen molar-refractivity contribution >= 4 is 46.7 Å². The first kappa shape index (κ1) is 5.49. The standard InChI is InChI=1S/C2H2BIN2S/c3-1-5-6-2(4)7-1/h3H2. The van der Waals surface area contributed by atoms with Crippen LogP contribution in [-0.4, -0.2) is 18.0 Å². The minimum Gasteiger partial charge on any atom is -0.154 e. The fourth-order valence-corrected chi connectivity index (χ4v) is 1.74. The Labute approximate surface area is 59.9 Å². The topological polar surface area (TPSA) is 25.8 Å². The summed E-state index contributed by atoms with van der Waals surface area (Å²) in [7, 11) is 1.94. The van der Waals surface area contributed by atoms with Crippen molar-refractivity contribution in [3.8, 4) is 0 Å². The molecule has 0 fully saturated rings. The predicted molar refractivity (Wildman–Crippen MR) is 40.8 cm³/mol. The average molecular weight is 224 g/mol. The van der Waals surface area contributed by atoms with Crippen molar-refractivity contribution in [2.45, 2.75) is 0 Å². The maximum atomic E-state index is 3.78. The summed E-state index contributed by atoms with van der Waals surface area (Å²) < 4.78 is 1.01. The van der Waals surface area contributed by atoms with E-state index in [0.29, 0.717) is 0 Å². The van der Waals surface area contributed by atoms with Crippen LogP contribution in [0.3, 0.4) is 0 Å². The van der Waals surface area contributed by atoms with Gasteiger partial charge in [0, 0.05) is 0 Å². The molecule has 1 heterocycles. The van der Waals surface area contributed by atoms with Gasteiger partial charge in [0.05, 0.1) is 4.91 Å². The molecular weight excluding hydrogens is 222 g/mol.